The summed E-state index contributed by atoms with van der Waals surface area (Å²) < 4.78 is 12.8. The molecule has 1 N–H and O–H groups in total. The van der Waals surface area contributed by atoms with E-state index in [1.165, 1.54) is 82.8 Å². The van der Waals surface area contributed by atoms with E-state index in [-0.39, 0.29) is 11.7 Å². The number of carbonyl (C=O) groups excluding carboxylic acids is 1. The van der Waals surface area contributed by atoms with E-state index in [4.69, 9.17) is 0 Å². The van der Waals surface area contributed by atoms with Crippen LogP contribution in [0.5, 0.6) is 0 Å². The van der Waals surface area contributed by atoms with Crippen LogP contribution in [0.3, 0.4) is 0 Å². The SMILES string of the molecule is CCCCCCCCCCCCCCCC(=O)NCc1ccc(F)cc1. The fourth-order valence-electron chi connectivity index (χ4n) is 3.19. The van der Waals surface area contributed by atoms with E-state index in [0.717, 1.165) is 18.4 Å². The van der Waals surface area contributed by atoms with Crippen LogP contribution in [-0.2, 0) is 11.3 Å². The van der Waals surface area contributed by atoms with Crippen LogP contribution < -0.4 is 5.32 Å². The maximum Gasteiger partial charge on any atom is 0.220 e. The molecule has 0 saturated heterocycles. The minimum Gasteiger partial charge on any atom is -0.352 e. The predicted molar refractivity (Wildman–Crippen MR) is 109 cm³/mol. The molecule has 0 fully saturated rings. The molecule has 0 heterocycles. The second-order valence-corrected chi connectivity index (χ2v) is 7.40. The first-order chi connectivity index (χ1) is 12.7. The number of nitrogens with one attached hydrogen (secondary N) is 1. The molecule has 26 heavy (non-hydrogen) atoms. The van der Waals surface area contributed by atoms with E-state index in [2.05, 4.69) is 12.2 Å². The molecule has 0 aliphatic carbocycles. The lowest BCUT2D eigenvalue weighted by atomic mass is 10.0. The summed E-state index contributed by atoms with van der Waals surface area (Å²) in [5.74, 6) is -0.149. The van der Waals surface area contributed by atoms with Crippen molar-refractivity contribution >= 4 is 5.91 Å². The first-order valence-electron chi connectivity index (χ1n) is 10.7. The smallest absolute Gasteiger partial charge is 0.220 e. The first-order valence-corrected chi connectivity index (χ1v) is 10.7. The summed E-state index contributed by atoms with van der Waals surface area (Å²) in [6.07, 6.45) is 17.7. The highest BCUT2D eigenvalue weighted by Crippen LogP contribution is 2.13. The molecule has 0 spiro atoms. The third-order valence-corrected chi connectivity index (χ3v) is 4.91. The molecule has 3 heteroatoms. The van der Waals surface area contributed by atoms with E-state index in [1.807, 2.05) is 0 Å². The zero-order valence-corrected chi connectivity index (χ0v) is 16.7. The normalized spacial score (nSPS) is 10.8. The Bertz CT molecular complexity index is 458. The number of unbranched alkanes of at least 4 members (excludes halogenated alkanes) is 12. The molecule has 0 aromatic heterocycles. The molecule has 0 bridgehead atoms. The summed E-state index contributed by atoms with van der Waals surface area (Å²) in [6, 6.07) is 6.27. The third-order valence-electron chi connectivity index (χ3n) is 4.91. The number of halogens is 1. The second kappa shape index (κ2) is 15.8. The topological polar surface area (TPSA) is 29.1 Å². The molecule has 0 aliphatic heterocycles. The van der Waals surface area contributed by atoms with Crippen molar-refractivity contribution in [3.05, 3.63) is 35.6 Å². The van der Waals surface area contributed by atoms with Gasteiger partial charge < -0.3 is 5.32 Å². The largest absolute Gasteiger partial charge is 0.352 e. The lowest BCUT2D eigenvalue weighted by molar-refractivity contribution is -0.121. The molecule has 1 amide bonds. The van der Waals surface area contributed by atoms with E-state index in [9.17, 15) is 9.18 Å². The number of amides is 1. The molecule has 2 nitrogen and oxygen atoms in total. The Balaban J connectivity index is 1.83. The zero-order chi connectivity index (χ0) is 18.9. The average molecular weight is 364 g/mol. The third kappa shape index (κ3) is 12.9. The van der Waals surface area contributed by atoms with Crippen LogP contribution in [0.25, 0.3) is 0 Å². The molecular weight excluding hydrogens is 325 g/mol. The maximum atomic E-state index is 12.8. The molecule has 1 rings (SSSR count). The van der Waals surface area contributed by atoms with Gasteiger partial charge in [-0.1, -0.05) is 96.1 Å². The van der Waals surface area contributed by atoms with Crippen LogP contribution in [0, 0.1) is 5.82 Å². The van der Waals surface area contributed by atoms with Gasteiger partial charge in [-0.05, 0) is 24.1 Å². The van der Waals surface area contributed by atoms with Gasteiger partial charge in [-0.15, -0.1) is 0 Å². The minimum absolute atomic E-state index is 0.0948. The van der Waals surface area contributed by atoms with Gasteiger partial charge in [-0.2, -0.15) is 0 Å². The van der Waals surface area contributed by atoms with Gasteiger partial charge >= 0.3 is 0 Å². The summed E-state index contributed by atoms with van der Waals surface area (Å²) in [7, 11) is 0. The Morgan fingerprint density at radius 2 is 1.23 bits per heavy atom. The zero-order valence-electron chi connectivity index (χ0n) is 16.7. The van der Waals surface area contributed by atoms with Crippen molar-refractivity contribution < 1.29 is 9.18 Å². The van der Waals surface area contributed by atoms with Crippen LogP contribution in [0.1, 0.15) is 102 Å². The van der Waals surface area contributed by atoms with E-state index >= 15 is 0 Å². The van der Waals surface area contributed by atoms with E-state index in [1.54, 1.807) is 12.1 Å². The van der Waals surface area contributed by atoms with Crippen LogP contribution in [0.15, 0.2) is 24.3 Å². The van der Waals surface area contributed by atoms with Crippen LogP contribution in [-0.4, -0.2) is 5.91 Å². The van der Waals surface area contributed by atoms with Gasteiger partial charge in [-0.3, -0.25) is 4.79 Å². The van der Waals surface area contributed by atoms with Crippen LogP contribution in [0.4, 0.5) is 4.39 Å². The summed E-state index contributed by atoms with van der Waals surface area (Å²) in [4.78, 5) is 11.8. The number of carbonyl (C=O) groups is 1. The van der Waals surface area contributed by atoms with Crippen molar-refractivity contribution in [3.8, 4) is 0 Å². The number of hydrogen-bond donors (Lipinski definition) is 1. The Morgan fingerprint density at radius 1 is 0.769 bits per heavy atom. The highest BCUT2D eigenvalue weighted by atomic mass is 19.1. The molecular formula is C23H38FNO. The van der Waals surface area contributed by atoms with Gasteiger partial charge in [0.05, 0.1) is 0 Å². The monoisotopic (exact) mass is 363 g/mol. The Hall–Kier alpha value is -1.38. The van der Waals surface area contributed by atoms with Crippen LogP contribution in [0.2, 0.25) is 0 Å². The minimum atomic E-state index is -0.243. The molecule has 1 aromatic carbocycles. The molecule has 0 aliphatic rings. The van der Waals surface area contributed by atoms with Crippen molar-refractivity contribution in [2.75, 3.05) is 0 Å². The molecule has 0 saturated carbocycles. The Morgan fingerprint density at radius 3 is 1.73 bits per heavy atom. The van der Waals surface area contributed by atoms with Crippen molar-refractivity contribution in [2.45, 2.75) is 103 Å². The summed E-state index contributed by atoms with van der Waals surface area (Å²) in [6.45, 7) is 2.75. The highest BCUT2D eigenvalue weighted by Gasteiger charge is 2.02. The highest BCUT2D eigenvalue weighted by molar-refractivity contribution is 5.75. The quantitative estimate of drug-likeness (QED) is 0.317. The summed E-state index contributed by atoms with van der Waals surface area (Å²) in [5, 5.41) is 2.90. The van der Waals surface area contributed by atoms with Gasteiger partial charge in [0.2, 0.25) is 5.91 Å². The Labute approximate surface area is 160 Å². The molecule has 1 aromatic rings. The van der Waals surface area contributed by atoms with Gasteiger partial charge in [0, 0.05) is 13.0 Å². The first kappa shape index (κ1) is 22.7. The molecule has 0 atom stereocenters. The lowest BCUT2D eigenvalue weighted by Crippen LogP contribution is -2.22. The van der Waals surface area contributed by atoms with Crippen molar-refractivity contribution in [2.24, 2.45) is 0 Å². The Kier molecular flexibility index (Phi) is 13.8. The molecule has 0 radical (unpaired) electrons. The molecule has 148 valence electrons. The fraction of sp³-hybridized carbons (Fsp3) is 0.696. The van der Waals surface area contributed by atoms with Crippen molar-refractivity contribution in [1.29, 1.82) is 0 Å². The maximum absolute atomic E-state index is 12.8. The number of rotatable bonds is 16. The van der Waals surface area contributed by atoms with Crippen LogP contribution >= 0.6 is 0 Å². The van der Waals surface area contributed by atoms with Gasteiger partial charge in [-0.25, -0.2) is 4.39 Å². The number of benzene rings is 1. The van der Waals surface area contributed by atoms with Gasteiger partial charge in [0.25, 0.3) is 0 Å². The summed E-state index contributed by atoms with van der Waals surface area (Å²) >= 11 is 0. The fourth-order valence-corrected chi connectivity index (χ4v) is 3.19. The summed E-state index contributed by atoms with van der Waals surface area (Å²) in [5.41, 5.74) is 0.935. The van der Waals surface area contributed by atoms with Gasteiger partial charge in [0.1, 0.15) is 5.82 Å². The number of hydrogen-bond acceptors (Lipinski definition) is 1. The van der Waals surface area contributed by atoms with Crippen molar-refractivity contribution in [1.82, 2.24) is 5.32 Å². The second-order valence-electron chi connectivity index (χ2n) is 7.40. The van der Waals surface area contributed by atoms with E-state index < -0.39 is 0 Å². The predicted octanol–water partition coefficient (Wildman–Crippen LogP) is 6.92. The standard InChI is InChI=1S/C23H38FNO/c1-2-3-4-5-6-7-8-9-10-11-12-13-14-15-23(26)25-20-21-16-18-22(24)19-17-21/h16-19H,2-15,20H2,1H3,(H,25,26). The van der Waals surface area contributed by atoms with E-state index in [0.29, 0.717) is 13.0 Å². The lowest BCUT2D eigenvalue weighted by Gasteiger charge is -2.06. The van der Waals surface area contributed by atoms with Gasteiger partial charge in [0.15, 0.2) is 0 Å². The van der Waals surface area contributed by atoms with Crippen molar-refractivity contribution in [3.63, 3.8) is 0 Å². The molecule has 0 unspecified atom stereocenters. The average Bonchev–Trinajstić information content (AvgIpc) is 2.65.